The minimum Gasteiger partial charge on any atom is -0.488 e. The first-order valence-electron chi connectivity index (χ1n) is 9.73. The average Bonchev–Trinajstić information content (AvgIpc) is 2.94. The van der Waals surface area contributed by atoms with Gasteiger partial charge in [0.1, 0.15) is 17.1 Å². The van der Waals surface area contributed by atoms with Gasteiger partial charge in [-0.25, -0.2) is 9.98 Å². The minimum atomic E-state index is -4.51. The van der Waals surface area contributed by atoms with Crippen molar-refractivity contribution < 1.29 is 22.3 Å². The number of guanidine groups is 1. The van der Waals surface area contributed by atoms with E-state index in [4.69, 9.17) is 9.15 Å². The van der Waals surface area contributed by atoms with Crippen LogP contribution in [0.2, 0.25) is 0 Å². The van der Waals surface area contributed by atoms with Crippen LogP contribution in [0.15, 0.2) is 27.6 Å². The first kappa shape index (κ1) is 23.6. The van der Waals surface area contributed by atoms with Crippen molar-refractivity contribution in [2.24, 2.45) is 4.99 Å². The van der Waals surface area contributed by atoms with Gasteiger partial charge in [-0.1, -0.05) is 6.07 Å². The Hall–Kier alpha value is -2.71. The number of hydrogen-bond donors (Lipinski definition) is 2. The lowest BCUT2D eigenvalue weighted by molar-refractivity contribution is -0.138. The number of nitrogens with zero attached hydrogens (tertiary/aromatic N) is 2. The largest absolute Gasteiger partial charge is 0.488 e. The van der Waals surface area contributed by atoms with E-state index in [9.17, 15) is 13.2 Å². The van der Waals surface area contributed by atoms with Crippen molar-refractivity contribution in [1.82, 2.24) is 15.6 Å². The van der Waals surface area contributed by atoms with Gasteiger partial charge in [0, 0.05) is 6.54 Å². The van der Waals surface area contributed by atoms with E-state index in [1.807, 2.05) is 20.8 Å². The fourth-order valence-corrected chi connectivity index (χ4v) is 2.65. The molecule has 9 heteroatoms. The molecule has 0 fully saturated rings. The van der Waals surface area contributed by atoms with Crippen molar-refractivity contribution in [2.75, 3.05) is 6.54 Å². The number of ether oxygens (including phenoxy) is 1. The van der Waals surface area contributed by atoms with Crippen molar-refractivity contribution >= 4 is 5.96 Å². The highest BCUT2D eigenvalue weighted by molar-refractivity contribution is 5.79. The van der Waals surface area contributed by atoms with Crippen LogP contribution in [-0.2, 0) is 19.3 Å². The summed E-state index contributed by atoms with van der Waals surface area (Å²) in [7, 11) is 0. The predicted octanol–water partition coefficient (Wildman–Crippen LogP) is 4.74. The number of hydrogen-bond acceptors (Lipinski definition) is 4. The second kappa shape index (κ2) is 9.40. The quantitative estimate of drug-likeness (QED) is 0.516. The first-order valence-corrected chi connectivity index (χ1v) is 9.73. The van der Waals surface area contributed by atoms with Gasteiger partial charge < -0.3 is 19.8 Å². The molecule has 2 rings (SSSR count). The Kier molecular flexibility index (Phi) is 7.39. The van der Waals surface area contributed by atoms with E-state index in [-0.39, 0.29) is 24.4 Å². The lowest BCUT2D eigenvalue weighted by atomic mass is 10.1. The molecule has 2 N–H and O–H groups in total. The van der Waals surface area contributed by atoms with Crippen molar-refractivity contribution in [3.8, 4) is 5.75 Å². The fourth-order valence-electron chi connectivity index (χ4n) is 2.65. The highest BCUT2D eigenvalue weighted by atomic mass is 19.4. The van der Waals surface area contributed by atoms with Crippen LogP contribution in [0, 0.1) is 13.8 Å². The molecule has 0 aliphatic carbocycles. The number of nitrogens with one attached hydrogen (secondary N) is 2. The van der Waals surface area contributed by atoms with Crippen molar-refractivity contribution in [1.29, 1.82) is 0 Å². The molecule has 0 unspecified atom stereocenters. The monoisotopic (exact) mass is 426 g/mol. The Labute approximate surface area is 174 Å². The molecule has 0 spiro atoms. The molecule has 1 heterocycles. The summed E-state index contributed by atoms with van der Waals surface area (Å²) in [6.45, 7) is 11.5. The Morgan fingerprint density at radius 2 is 1.87 bits per heavy atom. The summed E-state index contributed by atoms with van der Waals surface area (Å²) < 4.78 is 51.8. The SMILES string of the molecule is CCNC(=NCc1ccc(OC(C)(C)C)cc1C(F)(F)F)NCc1nc(C)c(C)o1. The van der Waals surface area contributed by atoms with Crippen LogP contribution in [0.1, 0.15) is 56.2 Å². The minimum absolute atomic E-state index is 0.0591. The Morgan fingerprint density at radius 3 is 2.40 bits per heavy atom. The number of rotatable bonds is 6. The molecule has 0 saturated carbocycles. The predicted molar refractivity (Wildman–Crippen MR) is 109 cm³/mol. The van der Waals surface area contributed by atoms with E-state index in [0.29, 0.717) is 18.4 Å². The molecular weight excluding hydrogens is 397 g/mol. The average molecular weight is 426 g/mol. The van der Waals surface area contributed by atoms with Crippen molar-refractivity contribution in [3.63, 3.8) is 0 Å². The van der Waals surface area contributed by atoms with E-state index in [2.05, 4.69) is 20.6 Å². The molecule has 6 nitrogen and oxygen atoms in total. The summed E-state index contributed by atoms with van der Waals surface area (Å²) in [5, 5.41) is 6.03. The Morgan fingerprint density at radius 1 is 1.17 bits per heavy atom. The Balaban J connectivity index is 2.20. The third kappa shape index (κ3) is 6.96. The molecule has 30 heavy (non-hydrogen) atoms. The van der Waals surface area contributed by atoms with Crippen molar-refractivity contribution in [2.45, 2.75) is 66.4 Å². The maximum absolute atomic E-state index is 13.6. The number of aromatic nitrogens is 1. The molecule has 2 aromatic rings. The lowest BCUT2D eigenvalue weighted by Gasteiger charge is -2.22. The van der Waals surface area contributed by atoms with Crippen LogP contribution >= 0.6 is 0 Å². The lowest BCUT2D eigenvalue weighted by Crippen LogP contribution is -2.36. The van der Waals surface area contributed by atoms with E-state index >= 15 is 0 Å². The van der Waals surface area contributed by atoms with Gasteiger partial charge in [0.05, 0.1) is 24.3 Å². The molecule has 1 aromatic heterocycles. The van der Waals surface area contributed by atoms with E-state index in [1.54, 1.807) is 20.8 Å². The number of aliphatic imine (C=N–C) groups is 1. The second-order valence-electron chi connectivity index (χ2n) is 7.83. The standard InChI is InChI=1S/C21H29F3N4O2/c1-7-25-19(27-12-18-28-13(2)14(3)29-18)26-11-15-8-9-16(30-20(4,5)6)10-17(15)21(22,23)24/h8-10H,7,11-12H2,1-6H3,(H2,25,26,27). The number of halogens is 3. The molecule has 0 aliphatic heterocycles. The third-order valence-corrected chi connectivity index (χ3v) is 4.04. The van der Waals surface area contributed by atoms with Crippen LogP contribution < -0.4 is 15.4 Å². The van der Waals surface area contributed by atoms with Gasteiger partial charge in [0.15, 0.2) is 5.96 Å². The maximum atomic E-state index is 13.6. The van der Waals surface area contributed by atoms with Crippen LogP contribution in [0.3, 0.4) is 0 Å². The smallest absolute Gasteiger partial charge is 0.416 e. The van der Waals surface area contributed by atoms with Gasteiger partial charge in [-0.2, -0.15) is 13.2 Å². The topological polar surface area (TPSA) is 71.7 Å². The number of alkyl halides is 3. The summed E-state index contributed by atoms with van der Waals surface area (Å²) in [4.78, 5) is 8.56. The van der Waals surface area contributed by atoms with Gasteiger partial charge in [-0.15, -0.1) is 0 Å². The third-order valence-electron chi connectivity index (χ3n) is 4.04. The highest BCUT2D eigenvalue weighted by Gasteiger charge is 2.34. The molecule has 0 aliphatic rings. The van der Waals surface area contributed by atoms with Gasteiger partial charge in [-0.3, -0.25) is 0 Å². The number of oxazole rings is 1. The molecule has 0 amide bonds. The summed E-state index contributed by atoms with van der Waals surface area (Å²) in [5.41, 5.74) is -0.506. The zero-order valence-electron chi connectivity index (χ0n) is 18.2. The van der Waals surface area contributed by atoms with Gasteiger partial charge in [0.2, 0.25) is 5.89 Å². The zero-order chi connectivity index (χ0) is 22.5. The van der Waals surface area contributed by atoms with Gasteiger partial charge >= 0.3 is 6.18 Å². The van der Waals surface area contributed by atoms with Crippen LogP contribution in [0.5, 0.6) is 5.75 Å². The zero-order valence-corrected chi connectivity index (χ0v) is 18.2. The molecular formula is C21H29F3N4O2. The van der Waals surface area contributed by atoms with E-state index in [1.165, 1.54) is 12.1 Å². The summed E-state index contributed by atoms with van der Waals surface area (Å²) in [5.74, 6) is 1.74. The highest BCUT2D eigenvalue weighted by Crippen LogP contribution is 2.35. The fraction of sp³-hybridized carbons (Fsp3) is 0.524. The van der Waals surface area contributed by atoms with Crippen LogP contribution in [-0.4, -0.2) is 23.1 Å². The molecule has 0 atom stereocenters. The molecule has 0 bridgehead atoms. The van der Waals surface area contributed by atoms with Crippen molar-refractivity contribution in [3.05, 3.63) is 46.7 Å². The van der Waals surface area contributed by atoms with Crippen LogP contribution in [0.25, 0.3) is 0 Å². The Bertz CT molecular complexity index is 864. The first-order chi connectivity index (χ1) is 13.9. The van der Waals surface area contributed by atoms with Gasteiger partial charge in [-0.05, 0) is 59.2 Å². The normalized spacial score (nSPS) is 12.8. The van der Waals surface area contributed by atoms with Crippen LogP contribution in [0.4, 0.5) is 13.2 Å². The molecule has 0 saturated heterocycles. The molecule has 0 radical (unpaired) electrons. The summed E-state index contributed by atoms with van der Waals surface area (Å²) >= 11 is 0. The second-order valence-corrected chi connectivity index (χ2v) is 7.83. The number of benzene rings is 1. The summed E-state index contributed by atoms with van der Waals surface area (Å²) in [6, 6.07) is 3.95. The van der Waals surface area contributed by atoms with Gasteiger partial charge in [0.25, 0.3) is 0 Å². The molecule has 166 valence electrons. The summed E-state index contributed by atoms with van der Waals surface area (Å²) in [6.07, 6.45) is -4.51. The van der Waals surface area contributed by atoms with E-state index < -0.39 is 17.3 Å². The molecule has 1 aromatic carbocycles. The number of aryl methyl sites for hydroxylation is 2. The van der Waals surface area contributed by atoms with E-state index in [0.717, 1.165) is 17.5 Å². The maximum Gasteiger partial charge on any atom is 0.416 e.